The van der Waals surface area contributed by atoms with Crippen molar-refractivity contribution in [1.29, 1.82) is 0 Å². The number of likely N-dealkylation sites (tertiary alicyclic amines) is 1. The monoisotopic (exact) mass is 293 g/mol. The van der Waals surface area contributed by atoms with E-state index in [2.05, 4.69) is 11.9 Å². The first kappa shape index (κ1) is 14.0. The van der Waals surface area contributed by atoms with Crippen molar-refractivity contribution < 1.29 is 4.79 Å². The summed E-state index contributed by atoms with van der Waals surface area (Å²) in [6, 6.07) is 0. The molecule has 1 saturated carbocycles. The van der Waals surface area contributed by atoms with Crippen LogP contribution in [0.15, 0.2) is 6.20 Å². The second-order valence-electron chi connectivity index (χ2n) is 6.26. The summed E-state index contributed by atoms with van der Waals surface area (Å²) in [5, 5.41) is 1.18. The van der Waals surface area contributed by atoms with Crippen LogP contribution in [-0.4, -0.2) is 34.4 Å². The Bertz CT molecular complexity index is 493. The first-order chi connectivity index (χ1) is 9.58. The number of piperidine rings is 1. The van der Waals surface area contributed by atoms with Crippen LogP contribution in [0.25, 0.3) is 0 Å². The summed E-state index contributed by atoms with van der Waals surface area (Å²) in [5.41, 5.74) is 5.73. The molecule has 3 rings (SSSR count). The van der Waals surface area contributed by atoms with E-state index >= 15 is 0 Å². The van der Waals surface area contributed by atoms with Crippen LogP contribution in [0.1, 0.15) is 54.3 Å². The molecule has 2 N–H and O–H groups in total. The molecule has 1 aromatic heterocycles. The molecule has 1 saturated heterocycles. The van der Waals surface area contributed by atoms with Crippen LogP contribution in [0.3, 0.4) is 0 Å². The van der Waals surface area contributed by atoms with Crippen molar-refractivity contribution in [2.75, 3.05) is 13.1 Å². The molecule has 0 spiro atoms. The van der Waals surface area contributed by atoms with Gasteiger partial charge in [0, 0.05) is 30.1 Å². The maximum absolute atomic E-state index is 12.7. The Labute approximate surface area is 124 Å². The van der Waals surface area contributed by atoms with Gasteiger partial charge in [0.2, 0.25) is 5.91 Å². The highest BCUT2D eigenvalue weighted by Crippen LogP contribution is 2.33. The van der Waals surface area contributed by atoms with Gasteiger partial charge in [0.15, 0.2) is 0 Å². The average molecular weight is 293 g/mol. The van der Waals surface area contributed by atoms with Crippen molar-refractivity contribution in [2.45, 2.75) is 56.9 Å². The molecule has 1 aliphatic carbocycles. The average Bonchev–Trinajstić information content (AvgIpc) is 3.08. The predicted molar refractivity (Wildman–Crippen MR) is 80.8 cm³/mol. The van der Waals surface area contributed by atoms with E-state index in [1.807, 2.05) is 11.1 Å². The molecule has 1 unspecified atom stereocenters. The third-order valence-electron chi connectivity index (χ3n) is 4.62. The molecular weight excluding hydrogens is 270 g/mol. The van der Waals surface area contributed by atoms with Crippen molar-refractivity contribution >= 4 is 17.2 Å². The minimum absolute atomic E-state index is 0.174. The Morgan fingerprint density at radius 1 is 1.45 bits per heavy atom. The Morgan fingerprint density at radius 3 is 2.85 bits per heavy atom. The van der Waals surface area contributed by atoms with E-state index in [1.165, 1.54) is 9.88 Å². The fourth-order valence-electron chi connectivity index (χ4n) is 3.46. The third kappa shape index (κ3) is 2.61. The van der Waals surface area contributed by atoms with Crippen molar-refractivity contribution in [3.05, 3.63) is 16.1 Å². The zero-order valence-corrected chi connectivity index (χ0v) is 12.9. The van der Waals surface area contributed by atoms with E-state index in [0.29, 0.717) is 5.92 Å². The fourth-order valence-corrected chi connectivity index (χ4v) is 4.36. The number of rotatable bonds is 2. The van der Waals surface area contributed by atoms with Crippen LogP contribution in [0.5, 0.6) is 0 Å². The lowest BCUT2D eigenvalue weighted by atomic mass is 9.93. The van der Waals surface area contributed by atoms with Crippen LogP contribution in [0, 0.1) is 6.92 Å². The highest BCUT2D eigenvalue weighted by atomic mass is 32.1. The van der Waals surface area contributed by atoms with Gasteiger partial charge in [-0.3, -0.25) is 4.79 Å². The summed E-state index contributed by atoms with van der Waals surface area (Å²) in [6.45, 7) is 3.74. The van der Waals surface area contributed by atoms with Gasteiger partial charge in [-0.1, -0.05) is 12.8 Å². The predicted octanol–water partition coefficient (Wildman–Crippen LogP) is 2.43. The van der Waals surface area contributed by atoms with Crippen LogP contribution in [0.2, 0.25) is 0 Å². The lowest BCUT2D eigenvalue weighted by Crippen LogP contribution is -2.55. The van der Waals surface area contributed by atoms with Crippen LogP contribution < -0.4 is 5.73 Å². The maximum Gasteiger partial charge on any atom is 0.242 e. The number of hydrogen-bond donors (Lipinski definition) is 1. The van der Waals surface area contributed by atoms with Gasteiger partial charge in [0.05, 0.1) is 10.5 Å². The number of hydrogen-bond acceptors (Lipinski definition) is 4. The van der Waals surface area contributed by atoms with Gasteiger partial charge in [0.25, 0.3) is 0 Å². The van der Waals surface area contributed by atoms with E-state index in [9.17, 15) is 4.79 Å². The number of amides is 1. The minimum atomic E-state index is -0.583. The summed E-state index contributed by atoms with van der Waals surface area (Å²) >= 11 is 1.76. The molecule has 1 aliphatic heterocycles. The van der Waals surface area contributed by atoms with Gasteiger partial charge in [-0.2, -0.15) is 0 Å². The molecule has 4 nitrogen and oxygen atoms in total. The number of carbonyl (C=O) groups is 1. The normalized spacial score (nSPS) is 25.9. The first-order valence-corrected chi connectivity index (χ1v) is 8.41. The van der Waals surface area contributed by atoms with Gasteiger partial charge in [-0.05, 0) is 32.6 Å². The molecular formula is C15H23N3OS. The number of aromatic nitrogens is 1. The van der Waals surface area contributed by atoms with Crippen LogP contribution in [0.4, 0.5) is 0 Å². The molecule has 0 aromatic carbocycles. The Morgan fingerprint density at radius 2 is 2.20 bits per heavy atom. The molecule has 1 amide bonds. The lowest BCUT2D eigenvalue weighted by molar-refractivity contribution is -0.138. The zero-order valence-electron chi connectivity index (χ0n) is 12.1. The molecule has 2 aliphatic rings. The third-order valence-corrected chi connectivity index (χ3v) is 5.69. The topological polar surface area (TPSA) is 59.2 Å². The van der Waals surface area contributed by atoms with Crippen molar-refractivity contribution in [2.24, 2.45) is 5.73 Å². The van der Waals surface area contributed by atoms with Gasteiger partial charge < -0.3 is 10.6 Å². The van der Waals surface area contributed by atoms with Gasteiger partial charge in [-0.15, -0.1) is 11.3 Å². The van der Waals surface area contributed by atoms with Crippen molar-refractivity contribution in [1.82, 2.24) is 9.88 Å². The molecule has 110 valence electrons. The Hall–Kier alpha value is -0.940. The summed E-state index contributed by atoms with van der Waals surface area (Å²) in [4.78, 5) is 20.4. The largest absolute Gasteiger partial charge is 0.340 e. The fraction of sp³-hybridized carbons (Fsp3) is 0.733. The Balaban J connectivity index is 1.70. The second-order valence-corrected chi connectivity index (χ2v) is 7.53. The molecule has 1 atom stereocenters. The number of carbonyl (C=O) groups excluding carboxylic acids is 1. The lowest BCUT2D eigenvalue weighted by Gasteiger charge is -2.36. The van der Waals surface area contributed by atoms with E-state index in [4.69, 9.17) is 5.73 Å². The van der Waals surface area contributed by atoms with E-state index < -0.39 is 5.54 Å². The number of aryl methyl sites for hydroxylation is 1. The molecule has 5 heteroatoms. The highest BCUT2D eigenvalue weighted by Gasteiger charge is 2.41. The molecule has 20 heavy (non-hydrogen) atoms. The number of thiazole rings is 1. The summed E-state index contributed by atoms with van der Waals surface area (Å²) in [6.07, 6.45) is 8.00. The zero-order chi connectivity index (χ0) is 14.2. The van der Waals surface area contributed by atoms with Crippen molar-refractivity contribution in [3.63, 3.8) is 0 Å². The van der Waals surface area contributed by atoms with Crippen LogP contribution >= 0.6 is 11.3 Å². The standard InChI is InChI=1S/C15H23N3OS/c1-11-9-17-13(20-11)12-5-4-8-18(10-12)14(19)15(16)6-2-3-7-15/h9,12H,2-8,10,16H2,1H3. The van der Waals surface area contributed by atoms with Crippen LogP contribution in [-0.2, 0) is 4.79 Å². The molecule has 1 aromatic rings. The quantitative estimate of drug-likeness (QED) is 0.911. The van der Waals surface area contributed by atoms with E-state index in [0.717, 1.165) is 51.6 Å². The Kier molecular flexibility index (Phi) is 3.82. The molecule has 0 radical (unpaired) electrons. The number of nitrogens with two attached hydrogens (primary N) is 1. The summed E-state index contributed by atoms with van der Waals surface area (Å²) < 4.78 is 0. The molecule has 2 fully saturated rings. The van der Waals surface area contributed by atoms with Gasteiger partial charge in [0.1, 0.15) is 0 Å². The molecule has 2 heterocycles. The number of nitrogens with zero attached hydrogens (tertiary/aromatic N) is 2. The van der Waals surface area contributed by atoms with E-state index in [1.54, 1.807) is 11.3 Å². The van der Waals surface area contributed by atoms with Crippen molar-refractivity contribution in [3.8, 4) is 0 Å². The SMILES string of the molecule is Cc1cnc(C2CCCN(C(=O)C3(N)CCCC3)C2)s1. The summed E-state index contributed by atoms with van der Waals surface area (Å²) in [5.74, 6) is 0.574. The molecule has 0 bridgehead atoms. The maximum atomic E-state index is 12.7. The second kappa shape index (κ2) is 5.45. The smallest absolute Gasteiger partial charge is 0.242 e. The first-order valence-electron chi connectivity index (χ1n) is 7.59. The highest BCUT2D eigenvalue weighted by molar-refractivity contribution is 7.11. The van der Waals surface area contributed by atoms with E-state index in [-0.39, 0.29) is 5.91 Å². The minimum Gasteiger partial charge on any atom is -0.340 e. The van der Waals surface area contributed by atoms with Gasteiger partial charge >= 0.3 is 0 Å². The summed E-state index contributed by atoms with van der Waals surface area (Å²) in [7, 11) is 0. The van der Waals surface area contributed by atoms with Gasteiger partial charge in [-0.25, -0.2) is 4.98 Å².